The highest BCUT2D eigenvalue weighted by molar-refractivity contribution is 9.09. The maximum absolute atomic E-state index is 9.62. The summed E-state index contributed by atoms with van der Waals surface area (Å²) < 4.78 is 5.67. The van der Waals surface area contributed by atoms with Gasteiger partial charge >= 0.3 is 0 Å². The molecular formula is C12H14BrNO2. The van der Waals surface area contributed by atoms with Crippen LogP contribution in [-0.4, -0.2) is 23.9 Å². The summed E-state index contributed by atoms with van der Waals surface area (Å²) in [5.41, 5.74) is 1.93. The zero-order chi connectivity index (χ0) is 11.4. The number of benzene rings is 1. The molecule has 1 aromatic rings. The van der Waals surface area contributed by atoms with Crippen molar-refractivity contribution in [2.45, 2.75) is 23.3 Å². The number of phenolic OH excluding ortho intramolecular Hbond substituents is 1. The van der Waals surface area contributed by atoms with E-state index in [-0.39, 0.29) is 9.93 Å². The molecule has 2 aliphatic rings. The largest absolute Gasteiger partial charge is 0.508 e. The van der Waals surface area contributed by atoms with Crippen LogP contribution in [0.4, 0.5) is 5.69 Å². The molecule has 16 heavy (non-hydrogen) atoms. The third-order valence-corrected chi connectivity index (χ3v) is 5.41. The van der Waals surface area contributed by atoms with Crippen LogP contribution in [0, 0.1) is 0 Å². The fourth-order valence-corrected chi connectivity index (χ4v) is 3.43. The molecule has 86 valence electrons. The molecule has 0 saturated carbocycles. The number of nitrogens with one attached hydrogen (secondary N) is 1. The van der Waals surface area contributed by atoms with Gasteiger partial charge in [0.1, 0.15) is 11.4 Å². The Hall–Kier alpha value is -0.740. The van der Waals surface area contributed by atoms with Crippen LogP contribution in [0.15, 0.2) is 18.2 Å². The van der Waals surface area contributed by atoms with E-state index in [0.29, 0.717) is 5.75 Å². The van der Waals surface area contributed by atoms with Gasteiger partial charge in [-0.25, -0.2) is 0 Å². The zero-order valence-electron chi connectivity index (χ0n) is 9.09. The minimum Gasteiger partial charge on any atom is -0.508 e. The lowest BCUT2D eigenvalue weighted by atomic mass is 9.79. The third kappa shape index (κ3) is 1.17. The van der Waals surface area contributed by atoms with Gasteiger partial charge in [-0.2, -0.15) is 0 Å². The highest BCUT2D eigenvalue weighted by Gasteiger charge is 2.55. The van der Waals surface area contributed by atoms with Crippen molar-refractivity contribution in [2.24, 2.45) is 0 Å². The summed E-state index contributed by atoms with van der Waals surface area (Å²) in [6.07, 6.45) is 0.932. The van der Waals surface area contributed by atoms with E-state index in [1.54, 1.807) is 6.07 Å². The SMILES string of the molecule is CC12CNc3ccc(O)cc3C1(Br)CCO2. The Morgan fingerprint density at radius 1 is 1.50 bits per heavy atom. The van der Waals surface area contributed by atoms with Gasteiger partial charge in [-0.05, 0) is 37.1 Å². The number of halogens is 1. The average molecular weight is 284 g/mol. The van der Waals surface area contributed by atoms with Crippen LogP contribution in [0.25, 0.3) is 0 Å². The molecule has 0 aromatic heterocycles. The van der Waals surface area contributed by atoms with E-state index in [2.05, 4.69) is 28.2 Å². The second kappa shape index (κ2) is 3.14. The van der Waals surface area contributed by atoms with E-state index in [1.807, 2.05) is 12.1 Å². The van der Waals surface area contributed by atoms with E-state index in [0.717, 1.165) is 30.8 Å². The van der Waals surface area contributed by atoms with Gasteiger partial charge in [0.05, 0.1) is 4.32 Å². The lowest BCUT2D eigenvalue weighted by Gasteiger charge is -2.43. The van der Waals surface area contributed by atoms with Crippen LogP contribution in [0.1, 0.15) is 18.9 Å². The van der Waals surface area contributed by atoms with Crippen molar-refractivity contribution in [3.63, 3.8) is 0 Å². The lowest BCUT2D eigenvalue weighted by molar-refractivity contribution is 0.0138. The van der Waals surface area contributed by atoms with E-state index in [4.69, 9.17) is 4.74 Å². The monoisotopic (exact) mass is 283 g/mol. The Balaban J connectivity index is 2.20. The molecule has 3 nitrogen and oxygen atoms in total. The molecular weight excluding hydrogens is 270 g/mol. The van der Waals surface area contributed by atoms with Crippen molar-refractivity contribution < 1.29 is 9.84 Å². The molecule has 1 aromatic carbocycles. The van der Waals surface area contributed by atoms with Gasteiger partial charge in [0, 0.05) is 18.8 Å². The number of fused-ring (bicyclic) bond motifs is 3. The molecule has 1 fully saturated rings. The number of aromatic hydroxyl groups is 1. The van der Waals surface area contributed by atoms with Gasteiger partial charge < -0.3 is 15.2 Å². The second-order valence-electron chi connectivity index (χ2n) is 4.71. The van der Waals surface area contributed by atoms with Crippen LogP contribution >= 0.6 is 15.9 Å². The first-order valence-electron chi connectivity index (χ1n) is 5.45. The van der Waals surface area contributed by atoms with Crippen LogP contribution < -0.4 is 5.32 Å². The smallest absolute Gasteiger partial charge is 0.116 e. The van der Waals surface area contributed by atoms with Gasteiger partial charge in [-0.1, -0.05) is 15.9 Å². The molecule has 1 saturated heterocycles. The molecule has 2 unspecified atom stereocenters. The fourth-order valence-electron chi connectivity index (χ4n) is 2.68. The molecule has 0 spiro atoms. The summed E-state index contributed by atoms with van der Waals surface area (Å²) in [6.45, 7) is 3.64. The lowest BCUT2D eigenvalue weighted by Crippen LogP contribution is -2.50. The van der Waals surface area contributed by atoms with Crippen molar-refractivity contribution in [3.05, 3.63) is 23.8 Å². The van der Waals surface area contributed by atoms with Crippen LogP contribution in [0.3, 0.4) is 0 Å². The number of phenols is 1. The Morgan fingerprint density at radius 3 is 3.12 bits per heavy atom. The molecule has 2 aliphatic heterocycles. The summed E-state index contributed by atoms with van der Waals surface area (Å²) >= 11 is 3.84. The van der Waals surface area contributed by atoms with Gasteiger partial charge in [-0.3, -0.25) is 0 Å². The van der Waals surface area contributed by atoms with Crippen molar-refractivity contribution in [2.75, 3.05) is 18.5 Å². The first-order valence-corrected chi connectivity index (χ1v) is 6.25. The van der Waals surface area contributed by atoms with Crippen molar-refractivity contribution in [1.29, 1.82) is 0 Å². The van der Waals surface area contributed by atoms with Crippen LogP contribution in [0.5, 0.6) is 5.75 Å². The Bertz CT molecular complexity index is 451. The third-order valence-electron chi connectivity index (χ3n) is 3.75. The Kier molecular flexibility index (Phi) is 2.04. The summed E-state index contributed by atoms with van der Waals surface area (Å²) in [5.74, 6) is 0.301. The molecule has 4 heteroatoms. The summed E-state index contributed by atoms with van der Waals surface area (Å²) in [5, 5.41) is 13.0. The number of hydrogen-bond acceptors (Lipinski definition) is 3. The minimum atomic E-state index is -0.242. The standard InChI is InChI=1S/C12H14BrNO2/c1-11-7-14-10-3-2-8(15)6-9(10)12(11,13)4-5-16-11/h2-3,6,14-15H,4-5,7H2,1H3. The number of alkyl halides is 1. The van der Waals surface area contributed by atoms with E-state index >= 15 is 0 Å². The zero-order valence-corrected chi connectivity index (χ0v) is 10.7. The minimum absolute atomic E-state index is 0.181. The number of rotatable bonds is 0. The van der Waals surface area contributed by atoms with E-state index < -0.39 is 0 Å². The molecule has 0 aliphatic carbocycles. The molecule has 2 heterocycles. The summed E-state index contributed by atoms with van der Waals surface area (Å²) in [6, 6.07) is 5.45. The van der Waals surface area contributed by atoms with Crippen LogP contribution in [-0.2, 0) is 9.06 Å². The number of hydrogen-bond donors (Lipinski definition) is 2. The quantitative estimate of drug-likeness (QED) is 0.568. The highest BCUT2D eigenvalue weighted by atomic mass is 79.9. The molecule has 3 rings (SSSR count). The topological polar surface area (TPSA) is 41.5 Å². The highest BCUT2D eigenvalue weighted by Crippen LogP contribution is 2.55. The Morgan fingerprint density at radius 2 is 2.31 bits per heavy atom. The predicted octanol–water partition coefficient (Wildman–Crippen LogP) is 2.59. The first-order chi connectivity index (χ1) is 7.55. The number of anilines is 1. The van der Waals surface area contributed by atoms with Crippen molar-refractivity contribution in [1.82, 2.24) is 0 Å². The predicted molar refractivity (Wildman–Crippen MR) is 66.2 cm³/mol. The molecule has 0 amide bonds. The van der Waals surface area contributed by atoms with E-state index in [1.165, 1.54) is 0 Å². The van der Waals surface area contributed by atoms with E-state index in [9.17, 15) is 5.11 Å². The van der Waals surface area contributed by atoms with Gasteiger partial charge in [-0.15, -0.1) is 0 Å². The second-order valence-corrected chi connectivity index (χ2v) is 6.07. The van der Waals surface area contributed by atoms with Gasteiger partial charge in [0.15, 0.2) is 0 Å². The maximum Gasteiger partial charge on any atom is 0.116 e. The number of ether oxygens (including phenoxy) is 1. The average Bonchev–Trinajstić information content (AvgIpc) is 2.56. The summed E-state index contributed by atoms with van der Waals surface area (Å²) in [4.78, 5) is 0. The summed E-state index contributed by atoms with van der Waals surface area (Å²) in [7, 11) is 0. The molecule has 2 atom stereocenters. The maximum atomic E-state index is 9.62. The molecule has 2 N–H and O–H groups in total. The van der Waals surface area contributed by atoms with Crippen molar-refractivity contribution >= 4 is 21.6 Å². The normalized spacial score (nSPS) is 36.4. The van der Waals surface area contributed by atoms with Gasteiger partial charge in [0.2, 0.25) is 0 Å². The van der Waals surface area contributed by atoms with Gasteiger partial charge in [0.25, 0.3) is 0 Å². The first kappa shape index (κ1) is 10.4. The Labute approximate surface area is 103 Å². The van der Waals surface area contributed by atoms with Crippen molar-refractivity contribution in [3.8, 4) is 5.75 Å². The fraction of sp³-hybridized carbons (Fsp3) is 0.500. The molecule has 0 bridgehead atoms. The van der Waals surface area contributed by atoms with Crippen LogP contribution in [0.2, 0.25) is 0 Å². The molecule has 0 radical (unpaired) electrons.